The SMILES string of the molecule is COC.O=c1c2cccc3cccc(c32)c2nc3ccccc3n12. The minimum absolute atomic E-state index is 0.00278. The fourth-order valence-electron chi connectivity index (χ4n) is 3.24. The van der Waals surface area contributed by atoms with Crippen LogP contribution < -0.4 is 5.56 Å². The van der Waals surface area contributed by atoms with Gasteiger partial charge in [0.05, 0.1) is 11.0 Å². The van der Waals surface area contributed by atoms with E-state index >= 15 is 0 Å². The number of nitrogens with zero attached hydrogens (tertiary/aromatic N) is 2. The summed E-state index contributed by atoms with van der Waals surface area (Å²) in [5, 5.41) is 3.86. The highest BCUT2D eigenvalue weighted by Crippen LogP contribution is 2.29. The molecule has 4 heteroatoms. The Morgan fingerprint density at radius 1 is 0.875 bits per heavy atom. The zero-order chi connectivity index (χ0) is 16.7. The summed E-state index contributed by atoms with van der Waals surface area (Å²) in [6, 6.07) is 19.7. The van der Waals surface area contributed by atoms with Crippen LogP contribution in [0.4, 0.5) is 0 Å². The van der Waals surface area contributed by atoms with E-state index in [9.17, 15) is 4.79 Å². The lowest BCUT2D eigenvalue weighted by Crippen LogP contribution is -2.13. The standard InChI is InChI=1S/C18H10N2O.C2H6O/c21-18-13-8-4-6-11-5-3-7-12(16(11)13)17-19-14-9-1-2-10-15(14)20(17)18;1-3-2/h1-10H;1-2H3. The predicted molar refractivity (Wildman–Crippen MR) is 98.1 cm³/mol. The number of hydrogen-bond acceptors (Lipinski definition) is 3. The van der Waals surface area contributed by atoms with Crippen LogP contribution in [0.25, 0.3) is 38.2 Å². The number of ether oxygens (including phenoxy) is 1. The average Bonchev–Trinajstić information content (AvgIpc) is 3.00. The molecule has 3 aromatic carbocycles. The molecule has 5 aromatic rings. The molecule has 0 aliphatic rings. The molecule has 0 amide bonds. The molecule has 4 nitrogen and oxygen atoms in total. The molecule has 24 heavy (non-hydrogen) atoms. The molecular weight excluding hydrogens is 300 g/mol. The van der Waals surface area contributed by atoms with E-state index in [1.807, 2.05) is 60.7 Å². The Kier molecular flexibility index (Phi) is 3.40. The number of hydrogen-bond donors (Lipinski definition) is 0. The maximum absolute atomic E-state index is 12.9. The number of rotatable bonds is 0. The lowest BCUT2D eigenvalue weighted by molar-refractivity contribution is 0.277. The lowest BCUT2D eigenvalue weighted by atomic mass is 10.0. The van der Waals surface area contributed by atoms with Gasteiger partial charge < -0.3 is 4.74 Å². The minimum atomic E-state index is 0.00278. The number of fused-ring (bicyclic) bond motifs is 4. The summed E-state index contributed by atoms with van der Waals surface area (Å²) < 4.78 is 5.98. The van der Waals surface area contributed by atoms with E-state index in [0.29, 0.717) is 0 Å². The monoisotopic (exact) mass is 316 g/mol. The zero-order valence-corrected chi connectivity index (χ0v) is 13.5. The number of imidazole rings is 1. The second-order valence-corrected chi connectivity index (χ2v) is 5.68. The van der Waals surface area contributed by atoms with Crippen LogP contribution in [-0.4, -0.2) is 23.6 Å². The molecule has 0 bridgehead atoms. The third kappa shape index (κ3) is 1.97. The Hall–Kier alpha value is -2.98. The summed E-state index contributed by atoms with van der Waals surface area (Å²) in [4.78, 5) is 17.6. The first kappa shape index (κ1) is 14.6. The lowest BCUT2D eigenvalue weighted by Gasteiger charge is -2.06. The van der Waals surface area contributed by atoms with Crippen LogP contribution in [0.2, 0.25) is 0 Å². The van der Waals surface area contributed by atoms with Crippen LogP contribution >= 0.6 is 0 Å². The van der Waals surface area contributed by atoms with Gasteiger partial charge in [-0.05, 0) is 23.6 Å². The Morgan fingerprint density at radius 2 is 1.54 bits per heavy atom. The minimum Gasteiger partial charge on any atom is -0.388 e. The van der Waals surface area contributed by atoms with Crippen molar-refractivity contribution in [3.8, 4) is 0 Å². The van der Waals surface area contributed by atoms with E-state index in [1.165, 1.54) is 0 Å². The number of para-hydroxylation sites is 2. The third-order valence-electron chi connectivity index (χ3n) is 4.14. The Morgan fingerprint density at radius 3 is 2.29 bits per heavy atom. The van der Waals surface area contributed by atoms with Crippen molar-refractivity contribution in [1.29, 1.82) is 0 Å². The van der Waals surface area contributed by atoms with Crippen LogP contribution in [0.1, 0.15) is 0 Å². The van der Waals surface area contributed by atoms with Crippen molar-refractivity contribution in [2.45, 2.75) is 0 Å². The Bertz CT molecular complexity index is 1220. The summed E-state index contributed by atoms with van der Waals surface area (Å²) >= 11 is 0. The van der Waals surface area contributed by atoms with Crippen LogP contribution in [0.15, 0.2) is 65.5 Å². The molecule has 0 aliphatic carbocycles. The predicted octanol–water partition coefficient (Wildman–Crippen LogP) is 3.85. The van der Waals surface area contributed by atoms with Crippen LogP contribution in [0.3, 0.4) is 0 Å². The van der Waals surface area contributed by atoms with E-state index in [-0.39, 0.29) is 5.56 Å². The number of benzene rings is 3. The molecule has 0 fully saturated rings. The maximum atomic E-state index is 12.9. The van der Waals surface area contributed by atoms with E-state index in [0.717, 1.165) is 38.2 Å². The summed E-state index contributed by atoms with van der Waals surface area (Å²) in [5.41, 5.74) is 2.46. The van der Waals surface area contributed by atoms with Crippen LogP contribution in [-0.2, 0) is 4.74 Å². The highest BCUT2D eigenvalue weighted by molar-refractivity contribution is 6.15. The molecule has 0 spiro atoms. The molecule has 5 rings (SSSR count). The zero-order valence-electron chi connectivity index (χ0n) is 13.5. The summed E-state index contributed by atoms with van der Waals surface area (Å²) in [6.45, 7) is 0. The second kappa shape index (κ2) is 5.58. The Labute approximate surface area is 138 Å². The van der Waals surface area contributed by atoms with E-state index in [2.05, 4.69) is 9.72 Å². The van der Waals surface area contributed by atoms with Crippen molar-refractivity contribution < 1.29 is 4.74 Å². The molecular formula is C20H16N2O2. The molecule has 0 N–H and O–H groups in total. The third-order valence-corrected chi connectivity index (χ3v) is 4.14. The quantitative estimate of drug-likeness (QED) is 0.436. The molecule has 0 atom stereocenters. The smallest absolute Gasteiger partial charge is 0.264 e. The molecule has 0 unspecified atom stereocenters. The highest BCUT2D eigenvalue weighted by atomic mass is 16.4. The van der Waals surface area contributed by atoms with Crippen molar-refractivity contribution in [3.05, 3.63) is 71.0 Å². The normalized spacial score (nSPS) is 11.2. The first-order chi connectivity index (χ1) is 11.8. The van der Waals surface area contributed by atoms with Crippen LogP contribution in [0.5, 0.6) is 0 Å². The van der Waals surface area contributed by atoms with Crippen molar-refractivity contribution in [2.24, 2.45) is 0 Å². The van der Waals surface area contributed by atoms with Gasteiger partial charge in [0.1, 0.15) is 5.65 Å². The second-order valence-electron chi connectivity index (χ2n) is 5.68. The van der Waals surface area contributed by atoms with Gasteiger partial charge in [-0.1, -0.05) is 42.5 Å². The maximum Gasteiger partial charge on any atom is 0.264 e. The first-order valence-electron chi connectivity index (χ1n) is 7.70. The summed E-state index contributed by atoms with van der Waals surface area (Å²) in [6.07, 6.45) is 0. The number of aromatic nitrogens is 2. The molecule has 0 radical (unpaired) electrons. The van der Waals surface area contributed by atoms with E-state index in [1.54, 1.807) is 18.6 Å². The van der Waals surface area contributed by atoms with Gasteiger partial charge in [-0.25, -0.2) is 4.98 Å². The highest BCUT2D eigenvalue weighted by Gasteiger charge is 2.14. The molecule has 118 valence electrons. The van der Waals surface area contributed by atoms with Gasteiger partial charge in [-0.2, -0.15) is 0 Å². The van der Waals surface area contributed by atoms with Gasteiger partial charge in [0.15, 0.2) is 0 Å². The molecule has 0 aliphatic heterocycles. The molecule has 0 saturated heterocycles. The van der Waals surface area contributed by atoms with Gasteiger partial charge in [0, 0.05) is 30.4 Å². The van der Waals surface area contributed by atoms with E-state index in [4.69, 9.17) is 0 Å². The van der Waals surface area contributed by atoms with Crippen molar-refractivity contribution in [2.75, 3.05) is 14.2 Å². The number of methoxy groups -OCH3 is 1. The largest absolute Gasteiger partial charge is 0.388 e. The van der Waals surface area contributed by atoms with Gasteiger partial charge in [0.2, 0.25) is 0 Å². The fraction of sp³-hybridized carbons (Fsp3) is 0.100. The topological polar surface area (TPSA) is 43.6 Å². The summed E-state index contributed by atoms with van der Waals surface area (Å²) in [7, 11) is 3.25. The van der Waals surface area contributed by atoms with Crippen molar-refractivity contribution >= 4 is 38.2 Å². The van der Waals surface area contributed by atoms with Gasteiger partial charge in [0.25, 0.3) is 5.56 Å². The number of pyridine rings is 1. The molecule has 2 aromatic heterocycles. The van der Waals surface area contributed by atoms with Gasteiger partial charge >= 0.3 is 0 Å². The first-order valence-corrected chi connectivity index (χ1v) is 7.70. The van der Waals surface area contributed by atoms with Gasteiger partial charge in [-0.15, -0.1) is 0 Å². The molecule has 2 heterocycles. The average molecular weight is 316 g/mol. The van der Waals surface area contributed by atoms with Gasteiger partial charge in [-0.3, -0.25) is 9.20 Å². The van der Waals surface area contributed by atoms with Crippen molar-refractivity contribution in [3.63, 3.8) is 0 Å². The van der Waals surface area contributed by atoms with Crippen molar-refractivity contribution in [1.82, 2.24) is 9.38 Å². The van der Waals surface area contributed by atoms with Crippen LogP contribution in [0, 0.1) is 0 Å². The molecule has 0 saturated carbocycles. The summed E-state index contributed by atoms with van der Waals surface area (Å²) in [5.74, 6) is 0. The Balaban J connectivity index is 0.000000455. The fourth-order valence-corrected chi connectivity index (χ4v) is 3.24. The van der Waals surface area contributed by atoms with E-state index < -0.39 is 0 Å².